The standard InChI is InChI=1S/C15H20N6O2S/c1-4-21(5-2)14(23)11-7-6-8-12(9-11)16-13(22)10-24-15-17-18-19-20(15)3/h6-9H,4-5,10H2,1-3H3,(H,16,22). The molecular formula is C15H20N6O2S. The highest BCUT2D eigenvalue weighted by molar-refractivity contribution is 7.99. The zero-order valence-electron chi connectivity index (χ0n) is 13.9. The van der Waals surface area contributed by atoms with Crippen molar-refractivity contribution in [1.29, 1.82) is 0 Å². The maximum Gasteiger partial charge on any atom is 0.253 e. The van der Waals surface area contributed by atoms with Crippen molar-refractivity contribution in [1.82, 2.24) is 25.1 Å². The van der Waals surface area contributed by atoms with Gasteiger partial charge in [-0.2, -0.15) is 0 Å². The van der Waals surface area contributed by atoms with Gasteiger partial charge >= 0.3 is 0 Å². The molecule has 128 valence electrons. The summed E-state index contributed by atoms with van der Waals surface area (Å²) in [7, 11) is 1.71. The number of hydrogen-bond acceptors (Lipinski definition) is 6. The van der Waals surface area contributed by atoms with E-state index in [4.69, 9.17) is 0 Å². The van der Waals surface area contributed by atoms with Crippen LogP contribution in [0.2, 0.25) is 0 Å². The van der Waals surface area contributed by atoms with E-state index in [9.17, 15) is 9.59 Å². The molecule has 2 amide bonds. The van der Waals surface area contributed by atoms with E-state index in [1.165, 1.54) is 16.4 Å². The molecule has 0 atom stereocenters. The Balaban J connectivity index is 1.97. The molecule has 1 aromatic carbocycles. The van der Waals surface area contributed by atoms with E-state index in [-0.39, 0.29) is 17.6 Å². The zero-order chi connectivity index (χ0) is 17.5. The molecule has 2 rings (SSSR count). The first kappa shape index (κ1) is 17.9. The number of rotatable bonds is 7. The lowest BCUT2D eigenvalue weighted by atomic mass is 10.1. The summed E-state index contributed by atoms with van der Waals surface area (Å²) in [6.45, 7) is 5.17. The highest BCUT2D eigenvalue weighted by Crippen LogP contribution is 2.15. The number of amides is 2. The number of carbonyl (C=O) groups is 2. The van der Waals surface area contributed by atoms with E-state index < -0.39 is 0 Å². The molecule has 0 spiro atoms. The van der Waals surface area contributed by atoms with E-state index in [0.29, 0.717) is 29.5 Å². The topological polar surface area (TPSA) is 93.0 Å². The van der Waals surface area contributed by atoms with E-state index in [0.717, 1.165) is 0 Å². The van der Waals surface area contributed by atoms with Gasteiger partial charge in [-0.1, -0.05) is 17.8 Å². The van der Waals surface area contributed by atoms with Gasteiger partial charge in [0.05, 0.1) is 5.75 Å². The summed E-state index contributed by atoms with van der Waals surface area (Å²) in [5, 5.41) is 14.4. The third kappa shape index (κ3) is 4.54. The number of hydrogen-bond donors (Lipinski definition) is 1. The maximum absolute atomic E-state index is 12.3. The molecule has 0 aliphatic heterocycles. The van der Waals surface area contributed by atoms with Gasteiger partial charge in [0, 0.05) is 31.4 Å². The first-order valence-electron chi connectivity index (χ1n) is 7.59. The first-order valence-corrected chi connectivity index (χ1v) is 8.58. The second kappa shape index (κ2) is 8.44. The number of benzene rings is 1. The molecule has 8 nitrogen and oxygen atoms in total. The van der Waals surface area contributed by atoms with Crippen molar-refractivity contribution in [2.75, 3.05) is 24.2 Å². The van der Waals surface area contributed by atoms with Gasteiger partial charge in [0.2, 0.25) is 11.1 Å². The van der Waals surface area contributed by atoms with Crippen molar-refractivity contribution >= 4 is 29.3 Å². The normalized spacial score (nSPS) is 10.5. The molecule has 24 heavy (non-hydrogen) atoms. The largest absolute Gasteiger partial charge is 0.339 e. The number of nitrogens with zero attached hydrogens (tertiary/aromatic N) is 5. The maximum atomic E-state index is 12.3. The molecule has 0 saturated carbocycles. The predicted octanol–water partition coefficient (Wildman–Crippen LogP) is 1.42. The number of anilines is 1. The summed E-state index contributed by atoms with van der Waals surface area (Å²) in [5.41, 5.74) is 1.15. The number of tetrazole rings is 1. The Morgan fingerprint density at radius 2 is 2.04 bits per heavy atom. The molecule has 1 aromatic heterocycles. The van der Waals surface area contributed by atoms with Crippen LogP contribution in [-0.2, 0) is 11.8 Å². The fraction of sp³-hybridized carbons (Fsp3) is 0.400. The van der Waals surface area contributed by atoms with E-state index >= 15 is 0 Å². The van der Waals surface area contributed by atoms with Crippen LogP contribution in [0.1, 0.15) is 24.2 Å². The predicted molar refractivity (Wildman–Crippen MR) is 91.8 cm³/mol. The Kier molecular flexibility index (Phi) is 6.30. The molecule has 0 saturated heterocycles. The molecular weight excluding hydrogens is 328 g/mol. The highest BCUT2D eigenvalue weighted by atomic mass is 32.2. The van der Waals surface area contributed by atoms with Gasteiger partial charge in [-0.3, -0.25) is 9.59 Å². The first-order chi connectivity index (χ1) is 11.5. The number of nitrogens with one attached hydrogen (secondary N) is 1. The minimum Gasteiger partial charge on any atom is -0.339 e. The van der Waals surface area contributed by atoms with Gasteiger partial charge in [0.1, 0.15) is 0 Å². The van der Waals surface area contributed by atoms with E-state index in [1.807, 2.05) is 13.8 Å². The van der Waals surface area contributed by atoms with Crippen LogP contribution in [0.4, 0.5) is 5.69 Å². The highest BCUT2D eigenvalue weighted by Gasteiger charge is 2.13. The fourth-order valence-electron chi connectivity index (χ4n) is 2.09. The van der Waals surface area contributed by atoms with Gasteiger partial charge in [-0.15, -0.1) is 5.10 Å². The molecule has 9 heteroatoms. The number of aromatic nitrogens is 4. The molecule has 1 N–H and O–H groups in total. The van der Waals surface area contributed by atoms with Crippen LogP contribution in [-0.4, -0.2) is 55.8 Å². The average Bonchev–Trinajstić information content (AvgIpc) is 2.99. The summed E-state index contributed by atoms with van der Waals surface area (Å²) >= 11 is 1.24. The lowest BCUT2D eigenvalue weighted by Crippen LogP contribution is -2.30. The van der Waals surface area contributed by atoms with Crippen molar-refractivity contribution in [3.63, 3.8) is 0 Å². The molecule has 1 heterocycles. The third-order valence-corrected chi connectivity index (χ3v) is 4.37. The van der Waals surface area contributed by atoms with E-state index in [2.05, 4.69) is 20.8 Å². The SMILES string of the molecule is CCN(CC)C(=O)c1cccc(NC(=O)CSc2nnnn2C)c1. The van der Waals surface area contributed by atoms with Crippen molar-refractivity contribution < 1.29 is 9.59 Å². The molecule has 0 aliphatic carbocycles. The van der Waals surface area contributed by atoms with Gasteiger partial charge in [-0.25, -0.2) is 4.68 Å². The third-order valence-electron chi connectivity index (χ3n) is 3.36. The quantitative estimate of drug-likeness (QED) is 0.761. The Morgan fingerprint density at radius 1 is 1.29 bits per heavy atom. The summed E-state index contributed by atoms with van der Waals surface area (Å²) in [5.74, 6) is -0.0475. The molecule has 0 radical (unpaired) electrons. The smallest absolute Gasteiger partial charge is 0.253 e. The van der Waals surface area contributed by atoms with Crippen molar-refractivity contribution in [2.24, 2.45) is 7.05 Å². The number of aryl methyl sites for hydroxylation is 1. The van der Waals surface area contributed by atoms with Crippen molar-refractivity contribution in [2.45, 2.75) is 19.0 Å². The Hall–Kier alpha value is -2.42. The van der Waals surface area contributed by atoms with Crippen molar-refractivity contribution in [3.8, 4) is 0 Å². The van der Waals surface area contributed by atoms with Crippen LogP contribution in [0.15, 0.2) is 29.4 Å². The number of carbonyl (C=O) groups excluding carboxylic acids is 2. The van der Waals surface area contributed by atoms with E-state index in [1.54, 1.807) is 36.2 Å². The number of thioether (sulfide) groups is 1. The average molecular weight is 348 g/mol. The Bertz CT molecular complexity index is 713. The van der Waals surface area contributed by atoms with Gasteiger partial charge in [0.15, 0.2) is 0 Å². The van der Waals surface area contributed by atoms with Gasteiger partial charge < -0.3 is 10.2 Å². The molecule has 0 fully saturated rings. The lowest BCUT2D eigenvalue weighted by molar-refractivity contribution is -0.113. The van der Waals surface area contributed by atoms with Crippen LogP contribution >= 0.6 is 11.8 Å². The molecule has 0 bridgehead atoms. The minimum atomic E-state index is -0.185. The van der Waals surface area contributed by atoms with Crippen LogP contribution in [0.3, 0.4) is 0 Å². The van der Waals surface area contributed by atoms with Crippen LogP contribution in [0.25, 0.3) is 0 Å². The summed E-state index contributed by atoms with van der Waals surface area (Å²) < 4.78 is 1.50. The van der Waals surface area contributed by atoms with Gasteiger partial charge in [-0.05, 0) is 42.5 Å². The molecule has 0 unspecified atom stereocenters. The Morgan fingerprint density at radius 3 is 2.67 bits per heavy atom. The second-order valence-electron chi connectivity index (χ2n) is 4.98. The van der Waals surface area contributed by atoms with Crippen LogP contribution in [0.5, 0.6) is 0 Å². The summed E-state index contributed by atoms with van der Waals surface area (Å²) in [6, 6.07) is 6.95. The summed E-state index contributed by atoms with van der Waals surface area (Å²) in [4.78, 5) is 26.1. The minimum absolute atomic E-state index is 0.0457. The second-order valence-corrected chi connectivity index (χ2v) is 5.92. The monoisotopic (exact) mass is 348 g/mol. The Labute approximate surface area is 144 Å². The lowest BCUT2D eigenvalue weighted by Gasteiger charge is -2.19. The van der Waals surface area contributed by atoms with Gasteiger partial charge in [0.25, 0.3) is 5.91 Å². The van der Waals surface area contributed by atoms with Crippen molar-refractivity contribution in [3.05, 3.63) is 29.8 Å². The zero-order valence-corrected chi connectivity index (χ0v) is 14.7. The van der Waals surface area contributed by atoms with Crippen LogP contribution in [0, 0.1) is 0 Å². The molecule has 2 aromatic rings. The fourth-order valence-corrected chi connectivity index (χ4v) is 2.74. The van der Waals surface area contributed by atoms with Crippen LogP contribution < -0.4 is 5.32 Å². The summed E-state index contributed by atoms with van der Waals surface area (Å²) in [6.07, 6.45) is 0. The molecule has 0 aliphatic rings.